The number of aliphatic hydroxyl groups excluding tert-OH is 1. The van der Waals surface area contributed by atoms with Crippen LogP contribution in [0.1, 0.15) is 48.1 Å². The monoisotopic (exact) mass is 688 g/mol. The minimum absolute atomic E-state index is 0.172. The Hall–Kier alpha value is -4.96. The third-order valence-electron chi connectivity index (χ3n) is 11.1. The highest BCUT2D eigenvalue weighted by atomic mass is 16.5. The van der Waals surface area contributed by atoms with Gasteiger partial charge in [0.1, 0.15) is 17.2 Å². The molecule has 0 saturated carbocycles. The Labute approximate surface area is 297 Å². The van der Waals surface area contributed by atoms with Crippen molar-refractivity contribution >= 4 is 34.5 Å². The lowest BCUT2D eigenvalue weighted by molar-refractivity contribution is -0.0691. The topological polar surface area (TPSA) is 112 Å². The van der Waals surface area contributed by atoms with Crippen LogP contribution in [0.2, 0.25) is 0 Å². The number of nitrogens with one attached hydrogen (secondary N) is 1. The molecule has 12 heteroatoms. The fourth-order valence-electron chi connectivity index (χ4n) is 8.42. The fourth-order valence-corrected chi connectivity index (χ4v) is 8.42. The van der Waals surface area contributed by atoms with Crippen molar-refractivity contribution in [3.8, 4) is 11.1 Å². The minimum Gasteiger partial charge on any atom is -0.392 e. The van der Waals surface area contributed by atoms with E-state index in [-0.39, 0.29) is 23.5 Å². The second-order valence-electron chi connectivity index (χ2n) is 15.2. The molecule has 0 unspecified atom stereocenters. The Morgan fingerprint density at radius 2 is 1.90 bits per heavy atom. The highest BCUT2D eigenvalue weighted by Gasteiger charge is 2.38. The van der Waals surface area contributed by atoms with Crippen LogP contribution in [0.25, 0.3) is 16.0 Å². The van der Waals surface area contributed by atoms with E-state index in [9.17, 15) is 14.7 Å². The van der Waals surface area contributed by atoms with Gasteiger partial charge in [-0.05, 0) is 66.1 Å². The van der Waals surface area contributed by atoms with Gasteiger partial charge in [-0.2, -0.15) is 0 Å². The van der Waals surface area contributed by atoms with E-state index >= 15 is 0 Å². The lowest BCUT2D eigenvalue weighted by Crippen LogP contribution is -2.59. The summed E-state index contributed by atoms with van der Waals surface area (Å²) in [4.78, 5) is 42.4. The summed E-state index contributed by atoms with van der Waals surface area (Å²) in [6.07, 6.45) is 5.41. The van der Waals surface area contributed by atoms with Gasteiger partial charge < -0.3 is 34.1 Å². The van der Waals surface area contributed by atoms with Crippen molar-refractivity contribution in [1.82, 2.24) is 19.0 Å². The maximum absolute atomic E-state index is 14.1. The predicted octanol–water partition coefficient (Wildman–Crippen LogP) is 4.73. The number of aromatic nitrogens is 3. The number of pyridine rings is 2. The van der Waals surface area contributed by atoms with E-state index in [1.165, 1.54) is 15.8 Å². The summed E-state index contributed by atoms with van der Waals surface area (Å²) in [5, 5.41) is 14.0. The van der Waals surface area contributed by atoms with Crippen molar-refractivity contribution in [2.24, 2.45) is 12.5 Å². The zero-order valence-corrected chi connectivity index (χ0v) is 29.6. The van der Waals surface area contributed by atoms with Crippen molar-refractivity contribution < 1.29 is 14.6 Å². The van der Waals surface area contributed by atoms with Crippen LogP contribution < -0.4 is 20.7 Å². The number of hydrogen-bond donors (Lipinski definition) is 2. The van der Waals surface area contributed by atoms with Crippen LogP contribution in [0, 0.1) is 12.0 Å². The third kappa shape index (κ3) is 5.79. The van der Waals surface area contributed by atoms with Gasteiger partial charge in [-0.3, -0.25) is 14.5 Å². The van der Waals surface area contributed by atoms with E-state index < -0.39 is 0 Å². The molecule has 0 bridgehead atoms. The van der Waals surface area contributed by atoms with Gasteiger partial charge in [0, 0.05) is 63.3 Å². The van der Waals surface area contributed by atoms with Crippen molar-refractivity contribution in [2.45, 2.75) is 58.8 Å². The van der Waals surface area contributed by atoms with E-state index in [1.807, 2.05) is 24.4 Å². The fraction of sp³-hybridized carbons (Fsp3) is 0.436. The number of fused-ring (bicyclic) bond motifs is 3. The van der Waals surface area contributed by atoms with Gasteiger partial charge in [0.2, 0.25) is 5.69 Å². The van der Waals surface area contributed by atoms with Crippen LogP contribution in [0.5, 0.6) is 0 Å². The number of hydrogen-bond acceptors (Lipinski definition) is 8. The molecule has 0 radical (unpaired) electrons. The zero-order valence-electron chi connectivity index (χ0n) is 29.6. The SMILES string of the molecule is [C-]#[N+]c1ccc(-c2cc(Nc3ccc(N4CCN(C5COC5)C[C@@H]4C)cn3)c(=O)n(C)c2)c(CO)c1N1CCn2c(cc3c2CC(C)(C)C3)C1=O. The number of piperazine rings is 1. The van der Waals surface area contributed by atoms with Gasteiger partial charge in [-0.25, -0.2) is 9.83 Å². The number of aliphatic hydroxyl groups is 1. The molecule has 264 valence electrons. The standard InChI is InChI=1S/C39H44N8O4/c1-24-19-44(28-22-51-23-28)10-11-45(24)27-6-9-35(41-18-27)42-32-14-26(20-43(5)37(32)49)29-7-8-31(40-4)36(30(29)21-48)47-13-12-46-33(38(47)50)15-25-16-39(2,3)17-34(25)46/h6-9,14-15,18,20,24,28,48H,10-13,16-17,19,21-23H2,1-3,5H3,(H,41,42)/t24-/m0/s1. The van der Waals surface area contributed by atoms with Crippen molar-refractivity contribution in [3.63, 3.8) is 0 Å². The van der Waals surface area contributed by atoms with Crippen molar-refractivity contribution in [1.29, 1.82) is 0 Å². The second-order valence-corrected chi connectivity index (χ2v) is 15.2. The van der Waals surface area contributed by atoms with Gasteiger partial charge in [-0.1, -0.05) is 26.0 Å². The molecule has 2 N–H and O–H groups in total. The number of carbonyl (C=O) groups excluding carboxylic acids is 1. The van der Waals surface area contributed by atoms with Crippen LogP contribution in [-0.4, -0.2) is 81.5 Å². The average molecular weight is 689 g/mol. The molecule has 51 heavy (non-hydrogen) atoms. The highest BCUT2D eigenvalue weighted by Crippen LogP contribution is 2.43. The molecule has 1 amide bonds. The van der Waals surface area contributed by atoms with Gasteiger partial charge >= 0.3 is 0 Å². The van der Waals surface area contributed by atoms with Crippen LogP contribution in [0.3, 0.4) is 0 Å². The highest BCUT2D eigenvalue weighted by molar-refractivity contribution is 6.09. The maximum atomic E-state index is 14.1. The third-order valence-corrected chi connectivity index (χ3v) is 11.1. The summed E-state index contributed by atoms with van der Waals surface area (Å²) in [5.74, 6) is 0.362. The molecular weight excluding hydrogens is 644 g/mol. The molecule has 4 aromatic rings. The number of ether oxygens (including phenoxy) is 1. The first-order valence-electron chi connectivity index (χ1n) is 17.7. The van der Waals surface area contributed by atoms with Crippen molar-refractivity contribution in [3.05, 3.63) is 93.1 Å². The summed E-state index contributed by atoms with van der Waals surface area (Å²) in [7, 11) is 1.68. The van der Waals surface area contributed by atoms with Crippen molar-refractivity contribution in [2.75, 3.05) is 54.5 Å². The number of amides is 1. The molecule has 4 aliphatic rings. The summed E-state index contributed by atoms with van der Waals surface area (Å²) >= 11 is 0. The predicted molar refractivity (Wildman–Crippen MR) is 197 cm³/mol. The molecule has 1 aliphatic carbocycles. The number of carbonyl (C=O) groups is 1. The van der Waals surface area contributed by atoms with E-state index in [4.69, 9.17) is 11.3 Å². The smallest absolute Gasteiger partial charge is 0.274 e. The second kappa shape index (κ2) is 12.7. The normalized spacial score (nSPS) is 20.2. The lowest BCUT2D eigenvalue weighted by atomic mass is 9.90. The molecule has 6 heterocycles. The summed E-state index contributed by atoms with van der Waals surface area (Å²) in [6, 6.07) is 12.0. The molecule has 1 atom stereocenters. The first-order valence-corrected chi connectivity index (χ1v) is 17.7. The van der Waals surface area contributed by atoms with Gasteiger partial charge in [0.05, 0.1) is 50.0 Å². The maximum Gasteiger partial charge on any atom is 0.274 e. The molecule has 2 fully saturated rings. The Morgan fingerprint density at radius 1 is 1.08 bits per heavy atom. The first kappa shape index (κ1) is 33.2. The summed E-state index contributed by atoms with van der Waals surface area (Å²) < 4.78 is 9.02. The number of aryl methyl sites for hydroxylation is 1. The minimum atomic E-state index is -0.390. The van der Waals surface area contributed by atoms with Crippen LogP contribution in [-0.2, 0) is 37.8 Å². The average Bonchev–Trinajstić information content (AvgIpc) is 3.58. The number of rotatable bonds is 7. The Kier molecular flexibility index (Phi) is 8.25. The number of nitrogens with zero attached hydrogens (tertiary/aromatic N) is 7. The lowest BCUT2D eigenvalue weighted by Gasteiger charge is -2.46. The first-order chi connectivity index (χ1) is 24.5. The molecule has 3 aromatic heterocycles. The van der Waals surface area contributed by atoms with E-state index in [2.05, 4.69) is 50.3 Å². The zero-order chi connectivity index (χ0) is 35.6. The van der Waals surface area contributed by atoms with Crippen LogP contribution in [0.15, 0.2) is 53.6 Å². The molecule has 0 spiro atoms. The van der Waals surface area contributed by atoms with Gasteiger partial charge in [-0.15, -0.1) is 0 Å². The van der Waals surface area contributed by atoms with E-state index in [0.717, 1.165) is 51.4 Å². The molecule has 12 nitrogen and oxygen atoms in total. The van der Waals surface area contributed by atoms with E-state index in [1.54, 1.807) is 36.3 Å². The molecular formula is C39H44N8O4. The Balaban J connectivity index is 1.07. The van der Waals surface area contributed by atoms with Gasteiger partial charge in [0.15, 0.2) is 0 Å². The molecule has 3 aliphatic heterocycles. The van der Waals surface area contributed by atoms with Crippen LogP contribution in [0.4, 0.5) is 28.6 Å². The Morgan fingerprint density at radius 3 is 2.59 bits per heavy atom. The number of anilines is 4. The molecule has 1 aromatic carbocycles. The van der Waals surface area contributed by atoms with Gasteiger partial charge in [0.25, 0.3) is 11.5 Å². The quantitative estimate of drug-likeness (QED) is 0.268. The summed E-state index contributed by atoms with van der Waals surface area (Å²) in [6.45, 7) is 19.8. The Bertz CT molecular complexity index is 2120. The van der Waals surface area contributed by atoms with E-state index in [0.29, 0.717) is 70.4 Å². The molecule has 2 saturated heterocycles. The largest absolute Gasteiger partial charge is 0.392 e. The molecule has 8 rings (SSSR count). The van der Waals surface area contributed by atoms with Crippen LogP contribution >= 0.6 is 0 Å². The number of benzene rings is 1. The summed E-state index contributed by atoms with van der Waals surface area (Å²) in [5.41, 5.74) is 6.85.